The minimum atomic E-state index is 0.909. The molecule has 2 heteroatoms. The Hall–Kier alpha value is 0.310. The maximum Gasteiger partial charge on any atom is 0.0211 e. The van der Waals surface area contributed by atoms with Crippen molar-refractivity contribution < 1.29 is 0 Å². The summed E-state index contributed by atoms with van der Waals surface area (Å²) in [6, 6.07) is 0.909. The Balaban J connectivity index is 2.00. The molecule has 0 aromatic rings. The molecule has 1 nitrogen and oxygen atoms in total. The van der Waals surface area contributed by atoms with E-state index in [9.17, 15) is 0 Å². The fraction of sp³-hybridized carbons (Fsp3) is 1.00. The number of thioether (sulfide) groups is 1. The van der Waals surface area contributed by atoms with Crippen molar-refractivity contribution >= 4 is 11.8 Å². The molecule has 1 aliphatic heterocycles. The molecular formula is C10H19NS. The summed E-state index contributed by atoms with van der Waals surface area (Å²) in [6.45, 7) is 1.31. The average Bonchev–Trinajstić information content (AvgIpc) is 2.30. The highest BCUT2D eigenvalue weighted by molar-refractivity contribution is 8.00. The third kappa shape index (κ3) is 1.80. The molecule has 0 radical (unpaired) electrons. The van der Waals surface area contributed by atoms with E-state index in [2.05, 4.69) is 23.7 Å². The molecule has 2 unspecified atom stereocenters. The Bertz CT molecular complexity index is 149. The predicted molar refractivity (Wildman–Crippen MR) is 55.7 cm³/mol. The van der Waals surface area contributed by atoms with Gasteiger partial charge in [-0.05, 0) is 19.9 Å². The Morgan fingerprint density at radius 2 is 2.00 bits per heavy atom. The number of rotatable bonds is 0. The van der Waals surface area contributed by atoms with Crippen molar-refractivity contribution in [2.24, 2.45) is 0 Å². The summed E-state index contributed by atoms with van der Waals surface area (Å²) in [4.78, 5) is 2.59. The van der Waals surface area contributed by atoms with Gasteiger partial charge in [0.2, 0.25) is 0 Å². The molecule has 0 bridgehead atoms. The number of nitrogens with zero attached hydrogens (tertiary/aromatic N) is 1. The van der Waals surface area contributed by atoms with E-state index in [1.807, 2.05) is 0 Å². The van der Waals surface area contributed by atoms with Crippen molar-refractivity contribution in [2.45, 2.75) is 43.4 Å². The zero-order valence-corrected chi connectivity index (χ0v) is 8.78. The summed E-state index contributed by atoms with van der Waals surface area (Å²) in [5, 5.41) is 0.964. The zero-order valence-electron chi connectivity index (χ0n) is 7.96. The molecular weight excluding hydrogens is 166 g/mol. The monoisotopic (exact) mass is 185 g/mol. The fourth-order valence-corrected chi connectivity index (χ4v) is 4.06. The first-order chi connectivity index (χ1) is 5.88. The molecule has 2 atom stereocenters. The molecule has 0 aromatic heterocycles. The molecule has 0 spiro atoms. The summed E-state index contributed by atoms with van der Waals surface area (Å²) in [6.07, 6.45) is 7.34. The van der Waals surface area contributed by atoms with Crippen molar-refractivity contribution in [3.8, 4) is 0 Å². The molecule has 1 heterocycles. The molecule has 2 rings (SSSR count). The van der Waals surface area contributed by atoms with Crippen LogP contribution in [0, 0.1) is 0 Å². The summed E-state index contributed by atoms with van der Waals surface area (Å²) in [5.74, 6) is 1.36. The quantitative estimate of drug-likeness (QED) is 0.570. The predicted octanol–water partition coefficient (Wildman–Crippen LogP) is 2.37. The lowest BCUT2D eigenvalue weighted by atomic mass is 10.1. The molecule has 0 aromatic carbocycles. The van der Waals surface area contributed by atoms with Crippen LogP contribution in [0.2, 0.25) is 0 Å². The second-order valence-electron chi connectivity index (χ2n) is 4.10. The van der Waals surface area contributed by atoms with Crippen LogP contribution in [0.25, 0.3) is 0 Å². The van der Waals surface area contributed by atoms with E-state index >= 15 is 0 Å². The Morgan fingerprint density at radius 3 is 2.92 bits per heavy atom. The van der Waals surface area contributed by atoms with Crippen LogP contribution in [-0.2, 0) is 0 Å². The number of hydrogen-bond donors (Lipinski definition) is 0. The topological polar surface area (TPSA) is 3.24 Å². The third-order valence-electron chi connectivity index (χ3n) is 3.26. The van der Waals surface area contributed by atoms with E-state index in [4.69, 9.17) is 0 Å². The van der Waals surface area contributed by atoms with Crippen molar-refractivity contribution in [3.63, 3.8) is 0 Å². The van der Waals surface area contributed by atoms with E-state index in [0.29, 0.717) is 0 Å². The minimum Gasteiger partial charge on any atom is -0.301 e. The molecule has 1 aliphatic carbocycles. The molecule has 12 heavy (non-hydrogen) atoms. The smallest absolute Gasteiger partial charge is 0.0211 e. The van der Waals surface area contributed by atoms with Gasteiger partial charge in [0.15, 0.2) is 0 Å². The third-order valence-corrected chi connectivity index (χ3v) is 4.66. The van der Waals surface area contributed by atoms with Gasteiger partial charge in [-0.1, -0.05) is 19.3 Å². The van der Waals surface area contributed by atoms with Gasteiger partial charge in [-0.15, -0.1) is 0 Å². The van der Waals surface area contributed by atoms with E-state index in [1.165, 1.54) is 44.4 Å². The van der Waals surface area contributed by atoms with Crippen molar-refractivity contribution in [1.82, 2.24) is 4.90 Å². The van der Waals surface area contributed by atoms with Crippen LogP contribution in [0.5, 0.6) is 0 Å². The average molecular weight is 185 g/mol. The number of hydrogen-bond acceptors (Lipinski definition) is 2. The maximum absolute atomic E-state index is 2.59. The van der Waals surface area contributed by atoms with Crippen LogP contribution in [0.1, 0.15) is 32.1 Å². The van der Waals surface area contributed by atoms with Crippen LogP contribution in [0.4, 0.5) is 0 Å². The second-order valence-corrected chi connectivity index (χ2v) is 5.44. The van der Waals surface area contributed by atoms with E-state index in [0.717, 1.165) is 11.3 Å². The lowest BCUT2D eigenvalue weighted by Gasteiger charge is -2.37. The molecule has 1 saturated heterocycles. The van der Waals surface area contributed by atoms with E-state index < -0.39 is 0 Å². The SMILES string of the molecule is CN1CCSC2CCCCCC21. The Kier molecular flexibility index (Phi) is 2.97. The highest BCUT2D eigenvalue weighted by atomic mass is 32.2. The van der Waals surface area contributed by atoms with Crippen LogP contribution in [0.15, 0.2) is 0 Å². The normalized spacial score (nSPS) is 38.8. The lowest BCUT2D eigenvalue weighted by molar-refractivity contribution is 0.230. The molecule has 1 saturated carbocycles. The highest BCUT2D eigenvalue weighted by Gasteiger charge is 2.30. The van der Waals surface area contributed by atoms with Crippen LogP contribution >= 0.6 is 11.8 Å². The van der Waals surface area contributed by atoms with Gasteiger partial charge in [-0.2, -0.15) is 11.8 Å². The Labute approximate surface area is 79.9 Å². The summed E-state index contributed by atoms with van der Waals surface area (Å²) in [7, 11) is 2.31. The number of fused-ring (bicyclic) bond motifs is 1. The van der Waals surface area contributed by atoms with Gasteiger partial charge >= 0.3 is 0 Å². The Morgan fingerprint density at radius 1 is 1.17 bits per heavy atom. The zero-order chi connectivity index (χ0) is 8.39. The van der Waals surface area contributed by atoms with Crippen molar-refractivity contribution in [3.05, 3.63) is 0 Å². The van der Waals surface area contributed by atoms with Crippen LogP contribution in [-0.4, -0.2) is 35.5 Å². The fourth-order valence-electron chi connectivity index (χ4n) is 2.47. The molecule has 2 fully saturated rings. The standard InChI is InChI=1S/C10H19NS/c1-11-7-8-12-10-6-4-2-3-5-9(10)11/h9-10H,2-8H2,1H3. The molecule has 0 N–H and O–H groups in total. The summed E-state index contributed by atoms with van der Waals surface area (Å²) >= 11 is 2.22. The minimum absolute atomic E-state index is 0.909. The molecule has 2 aliphatic rings. The first kappa shape index (κ1) is 8.89. The van der Waals surface area contributed by atoms with Crippen molar-refractivity contribution in [2.75, 3.05) is 19.3 Å². The summed E-state index contributed by atoms with van der Waals surface area (Å²) < 4.78 is 0. The van der Waals surface area contributed by atoms with Gasteiger partial charge in [-0.25, -0.2) is 0 Å². The van der Waals surface area contributed by atoms with Crippen molar-refractivity contribution in [1.29, 1.82) is 0 Å². The largest absolute Gasteiger partial charge is 0.301 e. The highest BCUT2D eigenvalue weighted by Crippen LogP contribution is 2.33. The van der Waals surface area contributed by atoms with E-state index in [-0.39, 0.29) is 0 Å². The molecule has 70 valence electrons. The van der Waals surface area contributed by atoms with Gasteiger partial charge in [0.25, 0.3) is 0 Å². The van der Waals surface area contributed by atoms with Gasteiger partial charge in [0, 0.05) is 23.6 Å². The lowest BCUT2D eigenvalue weighted by Crippen LogP contribution is -2.44. The van der Waals surface area contributed by atoms with Gasteiger partial charge in [0.1, 0.15) is 0 Å². The maximum atomic E-state index is 2.59. The van der Waals surface area contributed by atoms with Gasteiger partial charge in [0.05, 0.1) is 0 Å². The van der Waals surface area contributed by atoms with Crippen LogP contribution < -0.4 is 0 Å². The first-order valence-electron chi connectivity index (χ1n) is 5.20. The van der Waals surface area contributed by atoms with E-state index in [1.54, 1.807) is 0 Å². The first-order valence-corrected chi connectivity index (χ1v) is 6.24. The van der Waals surface area contributed by atoms with Gasteiger partial charge < -0.3 is 4.90 Å². The van der Waals surface area contributed by atoms with Gasteiger partial charge in [-0.3, -0.25) is 0 Å². The second kappa shape index (κ2) is 4.01. The van der Waals surface area contributed by atoms with Crippen LogP contribution in [0.3, 0.4) is 0 Å². The molecule has 0 amide bonds. The summed E-state index contributed by atoms with van der Waals surface area (Å²) in [5.41, 5.74) is 0.